The summed E-state index contributed by atoms with van der Waals surface area (Å²) in [6.45, 7) is 7.61. The summed E-state index contributed by atoms with van der Waals surface area (Å²) < 4.78 is 2.21. The number of aryl methyl sites for hydroxylation is 2. The minimum absolute atomic E-state index is 0.909. The number of nitrogens with zero attached hydrogens (tertiary/aromatic N) is 2. The van der Waals surface area contributed by atoms with Gasteiger partial charge in [0.2, 0.25) is 0 Å². The maximum Gasteiger partial charge on any atom is 0.126 e. The van der Waals surface area contributed by atoms with Crippen LogP contribution in [0, 0.1) is 0 Å². The molecule has 1 aromatic heterocycles. The monoisotopic (exact) mass is 237 g/mol. The number of nitrogen functional groups attached to an aromatic ring is 1. The molecule has 17 heavy (non-hydrogen) atoms. The van der Waals surface area contributed by atoms with Gasteiger partial charge >= 0.3 is 0 Å². The summed E-state index contributed by atoms with van der Waals surface area (Å²) in [5.74, 6) is 2.06. The molecule has 0 fully saturated rings. The van der Waals surface area contributed by atoms with Crippen LogP contribution >= 0.6 is 0 Å². The average Bonchev–Trinajstić information content (AvgIpc) is 2.64. The van der Waals surface area contributed by atoms with E-state index >= 15 is 0 Å². The number of aromatic nitrogens is 2. The minimum Gasteiger partial charge on any atom is -0.384 e. The molecule has 1 rings (SSSR count). The molecule has 0 atom stereocenters. The van der Waals surface area contributed by atoms with Crippen molar-refractivity contribution in [2.75, 3.05) is 5.73 Å². The number of imidazole rings is 1. The van der Waals surface area contributed by atoms with Crippen molar-refractivity contribution in [3.8, 4) is 0 Å². The molecule has 0 saturated heterocycles. The lowest BCUT2D eigenvalue weighted by Gasteiger charge is -2.07. The van der Waals surface area contributed by atoms with Gasteiger partial charge in [-0.15, -0.1) is 0 Å². The highest BCUT2D eigenvalue weighted by Gasteiger charge is 2.12. The predicted molar refractivity (Wildman–Crippen MR) is 74.2 cm³/mol. The fourth-order valence-electron chi connectivity index (χ4n) is 2.13. The maximum atomic E-state index is 6.20. The molecule has 0 saturated carbocycles. The van der Waals surface area contributed by atoms with Crippen LogP contribution in [0.1, 0.15) is 64.4 Å². The second-order valence-electron chi connectivity index (χ2n) is 4.68. The molecule has 0 spiro atoms. The summed E-state index contributed by atoms with van der Waals surface area (Å²) in [4.78, 5) is 4.69. The zero-order chi connectivity index (χ0) is 12.7. The van der Waals surface area contributed by atoms with Crippen molar-refractivity contribution in [2.45, 2.75) is 72.3 Å². The van der Waals surface area contributed by atoms with Crippen molar-refractivity contribution in [1.82, 2.24) is 9.55 Å². The van der Waals surface area contributed by atoms with Crippen LogP contribution in [-0.2, 0) is 19.4 Å². The molecule has 1 aromatic rings. The second-order valence-corrected chi connectivity index (χ2v) is 4.68. The Hall–Kier alpha value is -0.990. The van der Waals surface area contributed by atoms with Gasteiger partial charge in [-0.05, 0) is 19.3 Å². The van der Waals surface area contributed by atoms with Crippen LogP contribution in [0.3, 0.4) is 0 Å². The Morgan fingerprint density at radius 1 is 1.06 bits per heavy atom. The highest BCUT2D eigenvalue weighted by atomic mass is 15.1. The van der Waals surface area contributed by atoms with Crippen LogP contribution in [0.2, 0.25) is 0 Å². The number of hydrogen-bond acceptors (Lipinski definition) is 2. The van der Waals surface area contributed by atoms with Crippen molar-refractivity contribution in [2.24, 2.45) is 0 Å². The summed E-state index contributed by atoms with van der Waals surface area (Å²) in [7, 11) is 0. The third-order valence-corrected chi connectivity index (χ3v) is 3.23. The van der Waals surface area contributed by atoms with Crippen molar-refractivity contribution in [3.05, 3.63) is 11.5 Å². The Kier molecular flexibility index (Phi) is 6.09. The molecule has 3 heteroatoms. The van der Waals surface area contributed by atoms with Gasteiger partial charge in [-0.25, -0.2) is 4.98 Å². The first kappa shape index (κ1) is 14.1. The van der Waals surface area contributed by atoms with E-state index in [1.807, 2.05) is 0 Å². The van der Waals surface area contributed by atoms with E-state index in [9.17, 15) is 0 Å². The summed E-state index contributed by atoms with van der Waals surface area (Å²) in [5, 5.41) is 0. The number of rotatable bonds is 8. The lowest BCUT2D eigenvalue weighted by molar-refractivity contribution is 0.612. The number of nitrogens with two attached hydrogens (primary N) is 1. The Balaban J connectivity index is 2.74. The SMILES string of the molecule is CCCCCc1nc(CC)n(CCCC)c1N. The van der Waals surface area contributed by atoms with E-state index in [-0.39, 0.29) is 0 Å². The lowest BCUT2D eigenvalue weighted by atomic mass is 10.1. The van der Waals surface area contributed by atoms with Gasteiger partial charge in [-0.3, -0.25) is 0 Å². The molecule has 0 radical (unpaired) electrons. The van der Waals surface area contributed by atoms with Gasteiger partial charge in [-0.2, -0.15) is 0 Å². The topological polar surface area (TPSA) is 43.8 Å². The molecular formula is C14H27N3. The summed E-state index contributed by atoms with van der Waals surface area (Å²) in [6, 6.07) is 0. The third kappa shape index (κ3) is 3.76. The molecular weight excluding hydrogens is 210 g/mol. The number of unbranched alkanes of at least 4 members (excludes halogenated alkanes) is 3. The first-order valence-corrected chi connectivity index (χ1v) is 7.08. The normalized spacial score (nSPS) is 11.0. The van der Waals surface area contributed by atoms with Crippen molar-refractivity contribution in [1.29, 1.82) is 0 Å². The molecule has 0 amide bonds. The molecule has 98 valence electrons. The Bertz CT molecular complexity index is 328. The quantitative estimate of drug-likeness (QED) is 0.703. The zero-order valence-corrected chi connectivity index (χ0v) is 11.6. The highest BCUT2D eigenvalue weighted by molar-refractivity contribution is 5.38. The summed E-state index contributed by atoms with van der Waals surface area (Å²) in [5.41, 5.74) is 7.32. The largest absolute Gasteiger partial charge is 0.384 e. The van der Waals surface area contributed by atoms with E-state index in [4.69, 9.17) is 10.7 Å². The van der Waals surface area contributed by atoms with Crippen LogP contribution in [0.15, 0.2) is 0 Å². The fourth-order valence-corrected chi connectivity index (χ4v) is 2.13. The lowest BCUT2D eigenvalue weighted by Crippen LogP contribution is -2.07. The van der Waals surface area contributed by atoms with E-state index in [1.165, 1.54) is 32.1 Å². The molecule has 3 nitrogen and oxygen atoms in total. The van der Waals surface area contributed by atoms with Crippen LogP contribution in [0.4, 0.5) is 5.82 Å². The number of anilines is 1. The molecule has 0 aliphatic rings. The maximum absolute atomic E-state index is 6.20. The molecule has 2 N–H and O–H groups in total. The molecule has 0 aliphatic heterocycles. The van der Waals surface area contributed by atoms with Gasteiger partial charge in [0, 0.05) is 13.0 Å². The molecule has 0 aromatic carbocycles. The van der Waals surface area contributed by atoms with Crippen molar-refractivity contribution < 1.29 is 0 Å². The van der Waals surface area contributed by atoms with E-state index < -0.39 is 0 Å². The van der Waals surface area contributed by atoms with Crippen LogP contribution < -0.4 is 5.73 Å². The van der Waals surface area contributed by atoms with Gasteiger partial charge < -0.3 is 10.3 Å². The summed E-state index contributed by atoms with van der Waals surface area (Å²) >= 11 is 0. The van der Waals surface area contributed by atoms with Crippen LogP contribution in [0.5, 0.6) is 0 Å². The Labute approximate surface area is 105 Å². The number of hydrogen-bond donors (Lipinski definition) is 1. The standard InChI is InChI=1S/C14H27N3/c1-4-7-9-10-12-14(15)17(11-8-5-2)13(6-3)16-12/h4-11,15H2,1-3H3. The average molecular weight is 237 g/mol. The summed E-state index contributed by atoms with van der Waals surface area (Å²) in [6.07, 6.45) is 8.11. The van der Waals surface area contributed by atoms with Gasteiger partial charge in [0.05, 0.1) is 5.69 Å². The zero-order valence-electron chi connectivity index (χ0n) is 11.6. The first-order valence-electron chi connectivity index (χ1n) is 7.08. The molecule has 0 aliphatic carbocycles. The molecule has 1 heterocycles. The van der Waals surface area contributed by atoms with E-state index in [2.05, 4.69) is 25.3 Å². The minimum atomic E-state index is 0.909. The van der Waals surface area contributed by atoms with E-state index in [0.29, 0.717) is 0 Å². The second kappa shape index (κ2) is 7.36. The molecule has 0 bridgehead atoms. The van der Waals surface area contributed by atoms with Gasteiger partial charge in [0.1, 0.15) is 11.6 Å². The Morgan fingerprint density at radius 2 is 1.76 bits per heavy atom. The van der Waals surface area contributed by atoms with Crippen LogP contribution in [0.25, 0.3) is 0 Å². The first-order chi connectivity index (χ1) is 8.24. The van der Waals surface area contributed by atoms with E-state index in [1.54, 1.807) is 0 Å². The van der Waals surface area contributed by atoms with Crippen molar-refractivity contribution >= 4 is 5.82 Å². The van der Waals surface area contributed by atoms with Gasteiger partial charge in [0.25, 0.3) is 0 Å². The third-order valence-electron chi connectivity index (χ3n) is 3.23. The highest BCUT2D eigenvalue weighted by Crippen LogP contribution is 2.18. The van der Waals surface area contributed by atoms with Crippen LogP contribution in [-0.4, -0.2) is 9.55 Å². The van der Waals surface area contributed by atoms with Gasteiger partial charge in [0.15, 0.2) is 0 Å². The molecule has 0 unspecified atom stereocenters. The fraction of sp³-hybridized carbons (Fsp3) is 0.786. The van der Waals surface area contributed by atoms with Gasteiger partial charge in [-0.1, -0.05) is 40.0 Å². The van der Waals surface area contributed by atoms with E-state index in [0.717, 1.165) is 36.7 Å². The van der Waals surface area contributed by atoms with Crippen molar-refractivity contribution in [3.63, 3.8) is 0 Å². The smallest absolute Gasteiger partial charge is 0.126 e. The Morgan fingerprint density at radius 3 is 2.35 bits per heavy atom. The predicted octanol–water partition coefficient (Wildman–Crippen LogP) is 3.56.